The summed E-state index contributed by atoms with van der Waals surface area (Å²) in [6, 6.07) is 7.93. The summed E-state index contributed by atoms with van der Waals surface area (Å²) in [7, 11) is 0. The Balaban J connectivity index is 1.44. The van der Waals surface area contributed by atoms with Gasteiger partial charge in [-0.05, 0) is 51.8 Å². The molecule has 32 heavy (non-hydrogen) atoms. The van der Waals surface area contributed by atoms with Crippen LogP contribution in [-0.2, 0) is 4.79 Å². The van der Waals surface area contributed by atoms with Crippen LogP contribution in [-0.4, -0.2) is 76.8 Å². The molecule has 0 saturated carbocycles. The van der Waals surface area contributed by atoms with E-state index in [0.29, 0.717) is 24.5 Å². The van der Waals surface area contributed by atoms with Crippen molar-refractivity contribution in [3.8, 4) is 11.3 Å². The largest absolute Gasteiger partial charge is 0.443 e. The van der Waals surface area contributed by atoms with Crippen molar-refractivity contribution in [1.29, 1.82) is 0 Å². The van der Waals surface area contributed by atoms with Crippen molar-refractivity contribution in [3.05, 3.63) is 41.9 Å². The Hall–Kier alpha value is -2.67. The normalized spacial score (nSPS) is 19.7. The van der Waals surface area contributed by atoms with Crippen molar-refractivity contribution in [2.24, 2.45) is 0 Å². The second kappa shape index (κ2) is 10.3. The van der Waals surface area contributed by atoms with Crippen LogP contribution in [0, 0.1) is 6.92 Å². The molecule has 1 aromatic carbocycles. The Morgan fingerprint density at radius 3 is 2.72 bits per heavy atom. The van der Waals surface area contributed by atoms with Gasteiger partial charge in [-0.15, -0.1) is 0 Å². The topological polar surface area (TPSA) is 69.9 Å². The van der Waals surface area contributed by atoms with E-state index in [-0.39, 0.29) is 17.9 Å². The molecule has 0 radical (unpaired) electrons. The van der Waals surface area contributed by atoms with Gasteiger partial charge in [0.1, 0.15) is 0 Å². The van der Waals surface area contributed by atoms with Crippen molar-refractivity contribution in [2.75, 3.05) is 39.3 Å². The first-order valence-corrected chi connectivity index (χ1v) is 11.8. The van der Waals surface area contributed by atoms with E-state index >= 15 is 0 Å². The second-order valence-electron chi connectivity index (χ2n) is 9.06. The predicted molar refractivity (Wildman–Crippen MR) is 123 cm³/mol. The summed E-state index contributed by atoms with van der Waals surface area (Å²) in [6.07, 6.45) is 6.93. The van der Waals surface area contributed by atoms with Crippen LogP contribution in [0.5, 0.6) is 0 Å². The number of rotatable bonds is 6. The Bertz CT molecular complexity index is 935. The van der Waals surface area contributed by atoms with Crippen LogP contribution in [0.15, 0.2) is 35.1 Å². The molecule has 2 saturated heterocycles. The summed E-state index contributed by atoms with van der Waals surface area (Å²) in [5, 5.41) is 0. The summed E-state index contributed by atoms with van der Waals surface area (Å²) in [6.45, 7) is 8.74. The molecule has 2 amide bonds. The molecule has 4 rings (SSSR count). The van der Waals surface area contributed by atoms with Gasteiger partial charge < -0.3 is 19.1 Å². The van der Waals surface area contributed by atoms with Gasteiger partial charge in [0.25, 0.3) is 5.91 Å². The number of hydrogen-bond acceptors (Lipinski definition) is 5. The van der Waals surface area contributed by atoms with Crippen molar-refractivity contribution in [3.63, 3.8) is 0 Å². The number of aromatic nitrogens is 1. The highest BCUT2D eigenvalue weighted by Gasteiger charge is 2.32. The zero-order valence-corrected chi connectivity index (χ0v) is 19.3. The number of amides is 2. The minimum Gasteiger partial charge on any atom is -0.443 e. The van der Waals surface area contributed by atoms with E-state index in [1.165, 1.54) is 25.7 Å². The van der Waals surface area contributed by atoms with E-state index in [0.717, 1.165) is 50.1 Å². The van der Waals surface area contributed by atoms with Gasteiger partial charge in [-0.1, -0.05) is 30.2 Å². The summed E-state index contributed by atoms with van der Waals surface area (Å²) in [4.78, 5) is 36.4. The van der Waals surface area contributed by atoms with Crippen LogP contribution in [0.25, 0.3) is 11.3 Å². The Kier molecular flexibility index (Phi) is 7.25. The number of likely N-dealkylation sites (tertiary alicyclic amines) is 2. The van der Waals surface area contributed by atoms with Gasteiger partial charge in [-0.3, -0.25) is 9.59 Å². The van der Waals surface area contributed by atoms with E-state index < -0.39 is 0 Å². The predicted octanol–water partition coefficient (Wildman–Crippen LogP) is 3.59. The maximum Gasteiger partial charge on any atom is 0.276 e. The average Bonchev–Trinajstić information content (AvgIpc) is 3.29. The molecular formula is C25H34N4O3. The number of oxazole rings is 1. The molecule has 7 nitrogen and oxygen atoms in total. The van der Waals surface area contributed by atoms with Crippen LogP contribution < -0.4 is 0 Å². The molecule has 2 fully saturated rings. The molecule has 1 unspecified atom stereocenters. The number of carbonyl (C=O) groups excluding carboxylic acids is 2. The zero-order chi connectivity index (χ0) is 22.5. The van der Waals surface area contributed by atoms with Crippen molar-refractivity contribution in [1.82, 2.24) is 19.7 Å². The first kappa shape index (κ1) is 22.5. The number of carbonyl (C=O) groups is 2. The molecule has 0 bridgehead atoms. The fourth-order valence-electron chi connectivity index (χ4n) is 4.96. The summed E-state index contributed by atoms with van der Waals surface area (Å²) < 4.78 is 5.61. The van der Waals surface area contributed by atoms with Crippen LogP contribution in [0.4, 0.5) is 0 Å². The summed E-state index contributed by atoms with van der Waals surface area (Å²) >= 11 is 0. The maximum absolute atomic E-state index is 13.4. The molecule has 172 valence electrons. The van der Waals surface area contributed by atoms with Gasteiger partial charge in [0.15, 0.2) is 17.8 Å². The molecular weight excluding hydrogens is 404 g/mol. The Morgan fingerprint density at radius 1 is 1.16 bits per heavy atom. The van der Waals surface area contributed by atoms with E-state index in [9.17, 15) is 9.59 Å². The smallest absolute Gasteiger partial charge is 0.276 e. The number of piperidine rings is 2. The van der Waals surface area contributed by atoms with Crippen molar-refractivity contribution < 1.29 is 14.0 Å². The Labute approximate surface area is 190 Å². The zero-order valence-electron chi connectivity index (χ0n) is 19.3. The lowest BCUT2D eigenvalue weighted by Crippen LogP contribution is -2.53. The molecule has 2 aliphatic heterocycles. The minimum absolute atomic E-state index is 0.0457. The first-order valence-electron chi connectivity index (χ1n) is 11.8. The van der Waals surface area contributed by atoms with Gasteiger partial charge >= 0.3 is 0 Å². The highest BCUT2D eigenvalue weighted by molar-refractivity contribution is 5.97. The Morgan fingerprint density at radius 2 is 1.97 bits per heavy atom. The van der Waals surface area contributed by atoms with Gasteiger partial charge in [0.2, 0.25) is 5.91 Å². The molecule has 0 aliphatic carbocycles. The van der Waals surface area contributed by atoms with E-state index in [4.69, 9.17) is 4.42 Å². The lowest BCUT2D eigenvalue weighted by molar-refractivity contribution is -0.132. The third-order valence-corrected chi connectivity index (χ3v) is 6.69. The second-order valence-corrected chi connectivity index (χ2v) is 9.06. The first-order chi connectivity index (χ1) is 15.5. The van der Waals surface area contributed by atoms with Crippen LogP contribution in [0.2, 0.25) is 0 Å². The molecule has 3 heterocycles. The number of benzene rings is 1. The molecule has 1 atom stereocenters. The fourth-order valence-corrected chi connectivity index (χ4v) is 4.96. The number of nitrogens with zero attached hydrogens (tertiary/aromatic N) is 4. The standard InChI is InChI=1S/C25H34N4O3/c1-19-8-6-9-21(16-19)24-23(26-18-32-24)25(31)28-13-7-10-22(17-28)29(20(2)30)15-14-27-11-4-3-5-12-27/h6,8-9,16,18,22H,3-5,7,10-15,17H2,1-2H3. The molecule has 2 aliphatic rings. The van der Waals surface area contributed by atoms with Gasteiger partial charge in [0.05, 0.1) is 0 Å². The monoisotopic (exact) mass is 438 g/mol. The minimum atomic E-state index is -0.125. The van der Waals surface area contributed by atoms with Gasteiger partial charge in [0, 0.05) is 44.7 Å². The lowest BCUT2D eigenvalue weighted by Gasteiger charge is -2.40. The number of hydrogen-bond donors (Lipinski definition) is 0. The van der Waals surface area contributed by atoms with Crippen LogP contribution >= 0.6 is 0 Å². The van der Waals surface area contributed by atoms with Crippen LogP contribution in [0.1, 0.15) is 55.1 Å². The fraction of sp³-hybridized carbons (Fsp3) is 0.560. The molecule has 7 heteroatoms. The third-order valence-electron chi connectivity index (χ3n) is 6.69. The summed E-state index contributed by atoms with van der Waals surface area (Å²) in [5.41, 5.74) is 2.30. The molecule has 1 aromatic heterocycles. The van der Waals surface area contributed by atoms with Gasteiger partial charge in [-0.2, -0.15) is 0 Å². The van der Waals surface area contributed by atoms with Gasteiger partial charge in [-0.25, -0.2) is 4.98 Å². The van der Waals surface area contributed by atoms with E-state index in [1.54, 1.807) is 6.92 Å². The van der Waals surface area contributed by atoms with E-state index in [2.05, 4.69) is 9.88 Å². The lowest BCUT2D eigenvalue weighted by atomic mass is 10.0. The van der Waals surface area contributed by atoms with Crippen molar-refractivity contribution >= 4 is 11.8 Å². The van der Waals surface area contributed by atoms with Crippen molar-refractivity contribution in [2.45, 2.75) is 52.0 Å². The van der Waals surface area contributed by atoms with E-state index in [1.807, 2.05) is 41.0 Å². The third kappa shape index (κ3) is 5.21. The maximum atomic E-state index is 13.4. The SMILES string of the molecule is CC(=O)N(CCN1CCCCC1)C1CCCN(C(=O)c2ncoc2-c2cccc(C)c2)C1. The molecule has 2 aromatic rings. The summed E-state index contributed by atoms with van der Waals surface area (Å²) in [5.74, 6) is 0.469. The highest BCUT2D eigenvalue weighted by Crippen LogP contribution is 2.26. The quantitative estimate of drug-likeness (QED) is 0.689. The van der Waals surface area contributed by atoms with Crippen LogP contribution in [0.3, 0.4) is 0 Å². The number of aryl methyl sites for hydroxylation is 1. The highest BCUT2D eigenvalue weighted by atomic mass is 16.3. The average molecular weight is 439 g/mol. The molecule has 0 spiro atoms. The molecule has 0 N–H and O–H groups in total.